The van der Waals surface area contributed by atoms with Crippen LogP contribution in [0.5, 0.6) is 0 Å². The number of fused-ring (bicyclic) bond motifs is 6. The van der Waals surface area contributed by atoms with Gasteiger partial charge >= 0.3 is 0 Å². The molecule has 4 aromatic carbocycles. The molecule has 0 unspecified atom stereocenters. The van der Waals surface area contributed by atoms with Gasteiger partial charge in [0.25, 0.3) is 0 Å². The van der Waals surface area contributed by atoms with Gasteiger partial charge in [-0.05, 0) is 46.5 Å². The number of nitrogens with zero attached hydrogens (tertiary/aromatic N) is 2. The van der Waals surface area contributed by atoms with Gasteiger partial charge in [0.1, 0.15) is 0 Å². The normalized spacial score (nSPS) is 12.8. The highest BCUT2D eigenvalue weighted by Gasteiger charge is 2.15. The van der Waals surface area contributed by atoms with Gasteiger partial charge in [-0.15, -0.1) is 0 Å². The molecule has 2 aromatic heterocycles. The summed E-state index contributed by atoms with van der Waals surface area (Å²) >= 11 is 0. The number of allylic oxidation sites excluding steroid dienone is 2. The third kappa shape index (κ3) is 3.26. The van der Waals surface area contributed by atoms with Gasteiger partial charge < -0.3 is 0 Å². The second kappa shape index (κ2) is 8.03. The fourth-order valence-electron chi connectivity index (χ4n) is 5.23. The highest BCUT2D eigenvalue weighted by molar-refractivity contribution is 6.22. The number of benzene rings is 4. The molecule has 6 aromatic rings. The van der Waals surface area contributed by atoms with Crippen molar-refractivity contribution in [1.82, 2.24) is 9.97 Å². The largest absolute Gasteiger partial charge is 0.246 e. The third-order valence-corrected chi connectivity index (χ3v) is 6.85. The molecule has 2 nitrogen and oxygen atoms in total. The molecule has 0 radical (unpaired) electrons. The number of rotatable bonds is 2. The van der Waals surface area contributed by atoms with Gasteiger partial charge in [-0.2, -0.15) is 0 Å². The Balaban J connectivity index is 1.51. The van der Waals surface area contributed by atoms with E-state index in [1.54, 1.807) is 0 Å². The molecule has 7 rings (SSSR count). The molecule has 0 spiro atoms. The topological polar surface area (TPSA) is 25.8 Å². The smallest absolute Gasteiger partial charge is 0.0972 e. The minimum absolute atomic E-state index is 0.888. The van der Waals surface area contributed by atoms with Crippen molar-refractivity contribution in [2.75, 3.05) is 0 Å². The summed E-state index contributed by atoms with van der Waals surface area (Å²) in [6, 6.07) is 34.1. The van der Waals surface area contributed by atoms with E-state index >= 15 is 0 Å². The summed E-state index contributed by atoms with van der Waals surface area (Å²) in [4.78, 5) is 10.3. The Morgan fingerprint density at radius 1 is 0.543 bits per heavy atom. The van der Waals surface area contributed by atoms with E-state index in [0.717, 1.165) is 40.0 Å². The molecule has 0 atom stereocenters. The minimum Gasteiger partial charge on any atom is -0.246 e. The van der Waals surface area contributed by atoms with Crippen LogP contribution < -0.4 is 0 Å². The molecule has 1 aliphatic rings. The maximum atomic E-state index is 5.17. The number of pyridine rings is 2. The van der Waals surface area contributed by atoms with E-state index in [1.807, 2.05) is 0 Å². The Hall–Kier alpha value is -4.56. The minimum atomic E-state index is 0.888. The van der Waals surface area contributed by atoms with E-state index in [-0.39, 0.29) is 0 Å². The van der Waals surface area contributed by atoms with Crippen LogP contribution in [0.3, 0.4) is 0 Å². The van der Waals surface area contributed by atoms with E-state index in [9.17, 15) is 0 Å². The number of hydrogen-bond donors (Lipinski definition) is 0. The lowest BCUT2D eigenvalue weighted by atomic mass is 9.96. The molecule has 0 bridgehead atoms. The third-order valence-electron chi connectivity index (χ3n) is 6.85. The molecular weight excluding hydrogens is 424 g/mol. The van der Waals surface area contributed by atoms with Crippen LogP contribution in [0.4, 0.5) is 0 Å². The van der Waals surface area contributed by atoms with Gasteiger partial charge in [0.15, 0.2) is 0 Å². The van der Waals surface area contributed by atoms with Crippen LogP contribution in [0.25, 0.3) is 67.2 Å². The van der Waals surface area contributed by atoms with E-state index in [4.69, 9.17) is 9.97 Å². The lowest BCUT2D eigenvalue weighted by Gasteiger charge is -2.14. The van der Waals surface area contributed by atoms with Crippen LogP contribution >= 0.6 is 0 Å². The molecule has 35 heavy (non-hydrogen) atoms. The first-order valence-electron chi connectivity index (χ1n) is 12.0. The monoisotopic (exact) mass is 446 g/mol. The first-order valence-corrected chi connectivity index (χ1v) is 12.0. The Morgan fingerprint density at radius 3 is 2.31 bits per heavy atom. The predicted molar refractivity (Wildman–Crippen MR) is 148 cm³/mol. The van der Waals surface area contributed by atoms with Crippen LogP contribution in [0.2, 0.25) is 0 Å². The lowest BCUT2D eigenvalue weighted by molar-refractivity contribution is 1.29. The molecule has 0 saturated heterocycles. The maximum absolute atomic E-state index is 5.17. The van der Waals surface area contributed by atoms with Crippen molar-refractivity contribution in [2.24, 2.45) is 0 Å². The first kappa shape index (κ1) is 19.9. The second-order valence-corrected chi connectivity index (χ2v) is 8.94. The van der Waals surface area contributed by atoms with Gasteiger partial charge in [-0.3, -0.25) is 0 Å². The van der Waals surface area contributed by atoms with Crippen molar-refractivity contribution in [2.45, 2.75) is 6.42 Å². The fourth-order valence-corrected chi connectivity index (χ4v) is 5.23. The zero-order chi connectivity index (χ0) is 23.2. The number of hydrogen-bond acceptors (Lipinski definition) is 2. The van der Waals surface area contributed by atoms with Crippen LogP contribution in [0, 0.1) is 0 Å². The molecule has 164 valence electrons. The number of aromatic nitrogens is 2. The van der Waals surface area contributed by atoms with Gasteiger partial charge in [0, 0.05) is 21.7 Å². The molecule has 0 fully saturated rings. The van der Waals surface area contributed by atoms with Crippen LogP contribution in [-0.4, -0.2) is 9.97 Å². The van der Waals surface area contributed by atoms with Crippen LogP contribution in [-0.2, 0) is 0 Å². The quantitative estimate of drug-likeness (QED) is 0.249. The molecule has 0 amide bonds. The average Bonchev–Trinajstić information content (AvgIpc) is 3.18. The summed E-state index contributed by atoms with van der Waals surface area (Å²) in [5, 5.41) is 6.01. The van der Waals surface area contributed by atoms with Gasteiger partial charge in [0.05, 0.1) is 22.6 Å². The number of para-hydroxylation sites is 1. The summed E-state index contributed by atoms with van der Waals surface area (Å²) in [5.41, 5.74) is 7.34. The highest BCUT2D eigenvalue weighted by Crippen LogP contribution is 2.37. The van der Waals surface area contributed by atoms with E-state index in [0.29, 0.717) is 0 Å². The molecular formula is C33H22N2. The average molecular weight is 447 g/mol. The highest BCUT2D eigenvalue weighted by atomic mass is 14.8. The van der Waals surface area contributed by atoms with Crippen molar-refractivity contribution in [1.29, 1.82) is 0 Å². The van der Waals surface area contributed by atoms with E-state index in [1.165, 1.54) is 32.7 Å². The Kier molecular flexibility index (Phi) is 4.56. The van der Waals surface area contributed by atoms with Crippen molar-refractivity contribution < 1.29 is 0 Å². The van der Waals surface area contributed by atoms with Gasteiger partial charge in [-0.1, -0.05) is 103 Å². The predicted octanol–water partition coefficient (Wildman–Crippen LogP) is 8.70. The summed E-state index contributed by atoms with van der Waals surface area (Å²) in [5.74, 6) is 0. The van der Waals surface area contributed by atoms with Crippen molar-refractivity contribution >= 4 is 44.6 Å². The first-order chi connectivity index (χ1) is 17.4. The Morgan fingerprint density at radius 2 is 1.34 bits per heavy atom. The molecule has 2 heteroatoms. The summed E-state index contributed by atoms with van der Waals surface area (Å²) in [6.45, 7) is 0. The Bertz CT molecular complexity index is 1810. The van der Waals surface area contributed by atoms with E-state index < -0.39 is 0 Å². The molecule has 0 saturated carbocycles. The van der Waals surface area contributed by atoms with Gasteiger partial charge in [0.2, 0.25) is 0 Å². The van der Waals surface area contributed by atoms with Crippen molar-refractivity contribution in [3.8, 4) is 22.6 Å². The van der Waals surface area contributed by atoms with E-state index in [2.05, 4.69) is 121 Å². The molecule has 2 heterocycles. The maximum Gasteiger partial charge on any atom is 0.0972 e. The zero-order valence-corrected chi connectivity index (χ0v) is 19.1. The SMILES string of the molecule is C1=Cc2cccc(-c3cccc(-c4nc5ccccc5c5c4ccc4ccccc45)n3)c2C=CC1. The molecule has 1 aliphatic carbocycles. The second-order valence-electron chi connectivity index (χ2n) is 8.94. The lowest BCUT2D eigenvalue weighted by Crippen LogP contribution is -1.95. The fraction of sp³-hybridized carbons (Fsp3) is 0.0303. The van der Waals surface area contributed by atoms with Crippen LogP contribution in [0.1, 0.15) is 17.5 Å². The zero-order valence-electron chi connectivity index (χ0n) is 19.1. The summed E-state index contributed by atoms with van der Waals surface area (Å²) < 4.78 is 0. The van der Waals surface area contributed by atoms with Gasteiger partial charge in [-0.25, -0.2) is 9.97 Å². The standard InChI is InChI=1S/C33H22N2/c1-2-10-22-12-8-16-26(24(22)13-3-1)29-18-9-19-31(34-29)33-28-21-20-23-11-4-5-14-25(23)32(28)27-15-6-7-17-30(27)35-33/h2-21H,1H2. The van der Waals surface area contributed by atoms with Crippen molar-refractivity contribution in [3.05, 3.63) is 120 Å². The van der Waals surface area contributed by atoms with Crippen molar-refractivity contribution in [3.63, 3.8) is 0 Å². The summed E-state index contributed by atoms with van der Waals surface area (Å²) in [7, 11) is 0. The van der Waals surface area contributed by atoms with Crippen LogP contribution in [0.15, 0.2) is 109 Å². The molecule has 0 aliphatic heterocycles. The Labute approximate surface area is 203 Å². The molecule has 0 N–H and O–H groups in total. The summed E-state index contributed by atoms with van der Waals surface area (Å²) in [6.07, 6.45) is 9.77.